The molecule has 0 aromatic carbocycles. The summed E-state index contributed by atoms with van der Waals surface area (Å²) in [4.78, 5) is 15.8. The van der Waals surface area contributed by atoms with E-state index >= 15 is 0 Å². The molecule has 0 amide bonds. The molecule has 0 bridgehead atoms. The Kier molecular flexibility index (Phi) is 3.08. The van der Waals surface area contributed by atoms with Crippen LogP contribution in [0.2, 0.25) is 0 Å². The predicted molar refractivity (Wildman–Crippen MR) is 79.7 cm³/mol. The maximum Gasteiger partial charge on any atom is 0.181 e. The van der Waals surface area contributed by atoms with Crippen molar-refractivity contribution in [2.45, 2.75) is 54.0 Å². The number of rotatable bonds is 4. The molecule has 2 aliphatic rings. The molecule has 0 aliphatic heterocycles. The van der Waals surface area contributed by atoms with Crippen LogP contribution < -0.4 is 5.32 Å². The summed E-state index contributed by atoms with van der Waals surface area (Å²) in [7, 11) is 0. The van der Waals surface area contributed by atoms with Crippen molar-refractivity contribution >= 4 is 22.9 Å². The van der Waals surface area contributed by atoms with Crippen LogP contribution in [0.5, 0.6) is 0 Å². The molecule has 7 heteroatoms. The van der Waals surface area contributed by atoms with Crippen molar-refractivity contribution in [1.82, 2.24) is 25.3 Å². The minimum absolute atomic E-state index is 0.334. The molecule has 2 aliphatic carbocycles. The summed E-state index contributed by atoms with van der Waals surface area (Å²) in [6.45, 7) is 0. The van der Waals surface area contributed by atoms with Gasteiger partial charge >= 0.3 is 0 Å². The zero-order chi connectivity index (χ0) is 14.3. The van der Waals surface area contributed by atoms with E-state index in [-0.39, 0.29) is 5.54 Å². The van der Waals surface area contributed by atoms with Crippen LogP contribution in [0, 0.1) is 11.3 Å². The fourth-order valence-electron chi connectivity index (χ4n) is 2.97. The van der Waals surface area contributed by atoms with Gasteiger partial charge in [-0.05, 0) is 32.1 Å². The van der Waals surface area contributed by atoms with E-state index in [0.29, 0.717) is 16.9 Å². The van der Waals surface area contributed by atoms with E-state index in [4.69, 9.17) is 0 Å². The second-order valence-corrected chi connectivity index (χ2v) is 7.16. The number of nitriles is 1. The molecule has 2 N–H and O–H groups in total. The Labute approximate surface area is 126 Å². The monoisotopic (exact) mass is 300 g/mol. The standard InChI is InChI=1S/C14H16N6S/c15-6-14(20-9-1-2-9)4-3-10(5-14)21-13-11-12(17-7-16-11)18-8-19-13/h7-10,20H,1-5H2,(H,16,17,18,19). The van der Waals surface area contributed by atoms with E-state index < -0.39 is 0 Å². The summed E-state index contributed by atoms with van der Waals surface area (Å²) >= 11 is 1.74. The number of fused-ring (bicyclic) bond motifs is 1. The highest BCUT2D eigenvalue weighted by Crippen LogP contribution is 2.41. The molecule has 2 fully saturated rings. The number of nitrogens with one attached hydrogen (secondary N) is 2. The van der Waals surface area contributed by atoms with Crippen LogP contribution in [0.15, 0.2) is 17.7 Å². The van der Waals surface area contributed by atoms with Crippen molar-refractivity contribution in [3.05, 3.63) is 12.7 Å². The quantitative estimate of drug-likeness (QED) is 0.839. The van der Waals surface area contributed by atoms with Crippen molar-refractivity contribution in [3.63, 3.8) is 0 Å². The van der Waals surface area contributed by atoms with Gasteiger partial charge in [-0.2, -0.15) is 5.26 Å². The number of nitrogens with zero attached hydrogens (tertiary/aromatic N) is 4. The lowest BCUT2D eigenvalue weighted by Crippen LogP contribution is -2.43. The first-order chi connectivity index (χ1) is 10.3. The van der Waals surface area contributed by atoms with Gasteiger partial charge in [-0.25, -0.2) is 15.0 Å². The number of imidazole rings is 1. The zero-order valence-electron chi connectivity index (χ0n) is 11.5. The summed E-state index contributed by atoms with van der Waals surface area (Å²) in [6, 6.07) is 3.08. The summed E-state index contributed by atoms with van der Waals surface area (Å²) in [6.07, 6.45) is 8.47. The second-order valence-electron chi connectivity index (χ2n) is 5.88. The Morgan fingerprint density at radius 2 is 2.24 bits per heavy atom. The number of aromatic amines is 1. The molecule has 2 atom stereocenters. The maximum absolute atomic E-state index is 9.55. The van der Waals surface area contributed by atoms with Crippen LogP contribution >= 0.6 is 11.8 Å². The molecule has 0 saturated heterocycles. The highest BCUT2D eigenvalue weighted by atomic mass is 32.2. The van der Waals surface area contributed by atoms with Crippen molar-refractivity contribution < 1.29 is 0 Å². The van der Waals surface area contributed by atoms with Gasteiger partial charge in [-0.1, -0.05) is 0 Å². The van der Waals surface area contributed by atoms with Crippen molar-refractivity contribution in [2.75, 3.05) is 0 Å². The molecule has 2 aromatic rings. The number of thioether (sulfide) groups is 1. The highest BCUT2D eigenvalue weighted by Gasteiger charge is 2.43. The molecule has 2 unspecified atom stereocenters. The normalized spacial score (nSPS) is 28.8. The van der Waals surface area contributed by atoms with Crippen molar-refractivity contribution in [3.8, 4) is 6.07 Å². The molecule has 2 heterocycles. The average Bonchev–Trinajstić information content (AvgIpc) is 3.02. The van der Waals surface area contributed by atoms with Crippen LogP contribution in [0.25, 0.3) is 11.2 Å². The fraction of sp³-hybridized carbons (Fsp3) is 0.571. The first-order valence-corrected chi connectivity index (χ1v) is 8.16. The van der Waals surface area contributed by atoms with E-state index in [1.807, 2.05) is 0 Å². The van der Waals surface area contributed by atoms with E-state index in [1.54, 1.807) is 24.4 Å². The van der Waals surface area contributed by atoms with E-state index in [9.17, 15) is 5.26 Å². The maximum atomic E-state index is 9.55. The van der Waals surface area contributed by atoms with Gasteiger partial charge in [0.25, 0.3) is 0 Å². The van der Waals surface area contributed by atoms with E-state index in [2.05, 4.69) is 31.3 Å². The van der Waals surface area contributed by atoms with Gasteiger partial charge in [0.1, 0.15) is 22.4 Å². The fourth-order valence-corrected chi connectivity index (χ4v) is 4.27. The van der Waals surface area contributed by atoms with Crippen LogP contribution in [0.1, 0.15) is 32.1 Å². The lowest BCUT2D eigenvalue weighted by molar-refractivity contribution is 0.420. The first kappa shape index (κ1) is 13.0. The van der Waals surface area contributed by atoms with Crippen molar-refractivity contribution in [1.29, 1.82) is 5.26 Å². The Morgan fingerprint density at radius 1 is 1.33 bits per heavy atom. The molecule has 0 spiro atoms. The zero-order valence-corrected chi connectivity index (χ0v) is 12.4. The number of hydrogen-bond donors (Lipinski definition) is 2. The molecule has 4 rings (SSSR count). The molecule has 108 valence electrons. The minimum atomic E-state index is -0.334. The first-order valence-electron chi connectivity index (χ1n) is 7.28. The summed E-state index contributed by atoms with van der Waals surface area (Å²) in [5.74, 6) is 0. The van der Waals surface area contributed by atoms with Crippen LogP contribution in [-0.2, 0) is 0 Å². The number of hydrogen-bond acceptors (Lipinski definition) is 6. The van der Waals surface area contributed by atoms with Crippen LogP contribution in [0.3, 0.4) is 0 Å². The minimum Gasteiger partial charge on any atom is -0.341 e. The van der Waals surface area contributed by atoms with Crippen LogP contribution in [0.4, 0.5) is 0 Å². The SMILES string of the molecule is N#CC1(NC2CC2)CCC(Sc2ncnc3nc[nH]c23)C1. The van der Waals surface area contributed by atoms with Gasteiger partial charge in [-0.15, -0.1) is 11.8 Å². The molecule has 0 radical (unpaired) electrons. The number of aromatic nitrogens is 4. The van der Waals surface area contributed by atoms with Crippen LogP contribution in [-0.4, -0.2) is 36.8 Å². The molecular weight excluding hydrogens is 284 g/mol. The van der Waals surface area contributed by atoms with E-state index in [0.717, 1.165) is 29.8 Å². The van der Waals surface area contributed by atoms with Gasteiger partial charge in [-0.3, -0.25) is 5.32 Å². The van der Waals surface area contributed by atoms with Crippen molar-refractivity contribution in [2.24, 2.45) is 0 Å². The Bertz CT molecular complexity index is 703. The third-order valence-electron chi connectivity index (χ3n) is 4.21. The average molecular weight is 300 g/mol. The molecule has 2 saturated carbocycles. The predicted octanol–water partition coefficient (Wildman–Crippen LogP) is 2.01. The lowest BCUT2D eigenvalue weighted by Gasteiger charge is -2.22. The summed E-state index contributed by atoms with van der Waals surface area (Å²) in [5, 5.41) is 14.4. The highest BCUT2D eigenvalue weighted by molar-refractivity contribution is 8.00. The third-order valence-corrected chi connectivity index (χ3v) is 5.48. The van der Waals surface area contributed by atoms with Gasteiger partial charge in [0.15, 0.2) is 5.65 Å². The molecule has 21 heavy (non-hydrogen) atoms. The summed E-state index contributed by atoms with van der Waals surface area (Å²) in [5.41, 5.74) is 1.26. The Morgan fingerprint density at radius 3 is 3.05 bits per heavy atom. The Balaban J connectivity index is 1.51. The van der Waals surface area contributed by atoms with E-state index in [1.165, 1.54) is 12.8 Å². The number of H-pyrrole nitrogens is 1. The summed E-state index contributed by atoms with van der Waals surface area (Å²) < 4.78 is 0. The largest absolute Gasteiger partial charge is 0.341 e. The molecular formula is C14H16N6S. The second kappa shape index (κ2) is 4.97. The van der Waals surface area contributed by atoms with Gasteiger partial charge in [0.2, 0.25) is 0 Å². The smallest absolute Gasteiger partial charge is 0.181 e. The lowest BCUT2D eigenvalue weighted by atomic mass is 10.00. The van der Waals surface area contributed by atoms with Gasteiger partial charge < -0.3 is 4.98 Å². The molecule has 6 nitrogen and oxygen atoms in total. The Hall–Kier alpha value is -1.65. The van der Waals surface area contributed by atoms with Gasteiger partial charge in [0, 0.05) is 11.3 Å². The topological polar surface area (TPSA) is 90.3 Å². The third kappa shape index (κ3) is 2.49. The van der Waals surface area contributed by atoms with Gasteiger partial charge in [0.05, 0.1) is 12.4 Å². The molecule has 2 aromatic heterocycles.